The minimum absolute atomic E-state index is 0.160. The predicted molar refractivity (Wildman–Crippen MR) is 89.7 cm³/mol. The predicted octanol–water partition coefficient (Wildman–Crippen LogP) is 1.64. The number of aryl methyl sites for hydroxylation is 2. The number of nitrogens with zero attached hydrogens (tertiary/aromatic N) is 5. The Morgan fingerprint density at radius 2 is 2.09 bits per heavy atom. The number of rotatable bonds is 3. The van der Waals surface area contributed by atoms with Gasteiger partial charge in [-0.3, -0.25) is 9.48 Å². The summed E-state index contributed by atoms with van der Waals surface area (Å²) in [7, 11) is 1.92. The molecule has 2 unspecified atom stereocenters. The molecule has 0 radical (unpaired) electrons. The fourth-order valence-electron chi connectivity index (χ4n) is 3.31. The van der Waals surface area contributed by atoms with Crippen LogP contribution in [0.4, 0.5) is 5.13 Å². The van der Waals surface area contributed by atoms with Crippen LogP contribution >= 0.6 is 11.3 Å². The Kier molecular flexibility index (Phi) is 3.60. The first kappa shape index (κ1) is 14.7. The van der Waals surface area contributed by atoms with E-state index in [2.05, 4.69) is 20.4 Å². The van der Waals surface area contributed by atoms with E-state index >= 15 is 0 Å². The molecule has 2 aromatic rings. The van der Waals surface area contributed by atoms with Gasteiger partial charge in [0.1, 0.15) is 0 Å². The van der Waals surface area contributed by atoms with Crippen LogP contribution in [-0.2, 0) is 11.8 Å². The first-order chi connectivity index (χ1) is 11.1. The highest BCUT2D eigenvalue weighted by molar-refractivity contribution is 7.13. The van der Waals surface area contributed by atoms with Crippen molar-refractivity contribution in [3.63, 3.8) is 0 Å². The van der Waals surface area contributed by atoms with E-state index in [-0.39, 0.29) is 5.92 Å². The number of carbonyl (C=O) groups excluding carboxylic acids is 1. The van der Waals surface area contributed by atoms with Crippen molar-refractivity contribution in [1.29, 1.82) is 0 Å². The molecule has 0 aromatic carbocycles. The zero-order valence-electron chi connectivity index (χ0n) is 13.5. The summed E-state index contributed by atoms with van der Waals surface area (Å²) in [6.07, 6.45) is 4.89. The van der Waals surface area contributed by atoms with E-state index < -0.39 is 0 Å². The topological polar surface area (TPSA) is 54.3 Å². The lowest BCUT2D eigenvalue weighted by molar-refractivity contribution is -0.132. The van der Waals surface area contributed by atoms with Crippen LogP contribution in [0.15, 0.2) is 17.8 Å². The van der Waals surface area contributed by atoms with E-state index in [1.165, 1.54) is 5.56 Å². The van der Waals surface area contributed by atoms with Crippen LogP contribution in [0.5, 0.6) is 0 Å². The molecule has 2 fully saturated rings. The summed E-state index contributed by atoms with van der Waals surface area (Å²) in [6, 6.07) is 0. The van der Waals surface area contributed by atoms with Crippen LogP contribution in [0.25, 0.3) is 0 Å². The van der Waals surface area contributed by atoms with Gasteiger partial charge in [0.25, 0.3) is 0 Å². The van der Waals surface area contributed by atoms with E-state index in [1.54, 1.807) is 11.3 Å². The number of piperazine rings is 1. The van der Waals surface area contributed by atoms with Crippen molar-refractivity contribution in [2.45, 2.75) is 19.3 Å². The minimum atomic E-state index is 0.160. The number of carbonyl (C=O) groups is 1. The molecule has 122 valence electrons. The molecule has 1 amide bonds. The monoisotopic (exact) mass is 331 g/mol. The van der Waals surface area contributed by atoms with Crippen LogP contribution < -0.4 is 4.90 Å². The van der Waals surface area contributed by atoms with Crippen molar-refractivity contribution in [3.8, 4) is 0 Å². The Labute approximate surface area is 139 Å². The maximum Gasteiger partial charge on any atom is 0.226 e. The molecule has 4 rings (SSSR count). The molecule has 0 N–H and O–H groups in total. The Balaban J connectivity index is 1.33. The summed E-state index contributed by atoms with van der Waals surface area (Å²) in [5.41, 5.74) is 2.27. The molecule has 6 nitrogen and oxygen atoms in total. The van der Waals surface area contributed by atoms with Crippen molar-refractivity contribution in [1.82, 2.24) is 19.7 Å². The van der Waals surface area contributed by atoms with Gasteiger partial charge < -0.3 is 9.80 Å². The van der Waals surface area contributed by atoms with Gasteiger partial charge in [-0.25, -0.2) is 4.98 Å². The second kappa shape index (κ2) is 5.63. The molecule has 2 aromatic heterocycles. The van der Waals surface area contributed by atoms with Gasteiger partial charge in [0.05, 0.1) is 11.9 Å². The number of hydrogen-bond acceptors (Lipinski definition) is 5. The number of thiazole rings is 1. The third kappa shape index (κ3) is 2.85. The smallest absolute Gasteiger partial charge is 0.226 e. The maximum absolute atomic E-state index is 12.7. The summed E-state index contributed by atoms with van der Waals surface area (Å²) in [5, 5.41) is 7.37. The maximum atomic E-state index is 12.7. The van der Waals surface area contributed by atoms with Crippen LogP contribution in [0, 0.1) is 12.8 Å². The molecule has 7 heteroatoms. The fourth-order valence-corrected chi connectivity index (χ4v) is 4.16. The van der Waals surface area contributed by atoms with Crippen molar-refractivity contribution >= 4 is 22.4 Å². The quantitative estimate of drug-likeness (QED) is 0.858. The number of aromatic nitrogens is 3. The Hall–Kier alpha value is -1.89. The van der Waals surface area contributed by atoms with Crippen LogP contribution in [-0.4, -0.2) is 51.8 Å². The van der Waals surface area contributed by atoms with Gasteiger partial charge in [0, 0.05) is 50.7 Å². The number of amides is 1. The van der Waals surface area contributed by atoms with E-state index in [1.807, 2.05) is 35.9 Å². The first-order valence-corrected chi connectivity index (χ1v) is 8.94. The highest BCUT2D eigenvalue weighted by atomic mass is 32.1. The van der Waals surface area contributed by atoms with Gasteiger partial charge in [-0.05, 0) is 24.8 Å². The van der Waals surface area contributed by atoms with Gasteiger partial charge in [0.15, 0.2) is 5.13 Å². The summed E-state index contributed by atoms with van der Waals surface area (Å²) >= 11 is 1.69. The largest absolute Gasteiger partial charge is 0.345 e. The van der Waals surface area contributed by atoms with Crippen molar-refractivity contribution < 1.29 is 4.79 Å². The first-order valence-electron chi connectivity index (χ1n) is 8.06. The van der Waals surface area contributed by atoms with E-state index in [4.69, 9.17) is 0 Å². The lowest BCUT2D eigenvalue weighted by atomic mass is 10.2. The zero-order valence-corrected chi connectivity index (χ0v) is 14.3. The number of anilines is 1. The van der Waals surface area contributed by atoms with Crippen LogP contribution in [0.1, 0.15) is 23.6 Å². The average molecular weight is 331 g/mol. The Morgan fingerprint density at radius 3 is 2.70 bits per heavy atom. The zero-order chi connectivity index (χ0) is 16.0. The third-order valence-electron chi connectivity index (χ3n) is 4.73. The van der Waals surface area contributed by atoms with Gasteiger partial charge in [0.2, 0.25) is 5.91 Å². The molecule has 0 spiro atoms. The third-order valence-corrected chi connectivity index (χ3v) is 5.75. The molecular weight excluding hydrogens is 310 g/mol. The molecular formula is C16H21N5OS. The summed E-state index contributed by atoms with van der Waals surface area (Å²) in [5.74, 6) is 0.845. The number of hydrogen-bond donors (Lipinski definition) is 0. The molecule has 0 bridgehead atoms. The molecule has 1 aliphatic heterocycles. The van der Waals surface area contributed by atoms with Crippen molar-refractivity contribution in [3.05, 3.63) is 29.0 Å². The minimum Gasteiger partial charge on any atom is -0.345 e. The van der Waals surface area contributed by atoms with Gasteiger partial charge in [-0.15, -0.1) is 11.3 Å². The summed E-state index contributed by atoms with van der Waals surface area (Å²) in [6.45, 7) is 5.37. The highest BCUT2D eigenvalue weighted by Gasteiger charge is 2.46. The van der Waals surface area contributed by atoms with Crippen LogP contribution in [0.2, 0.25) is 0 Å². The van der Waals surface area contributed by atoms with E-state index in [0.717, 1.165) is 43.4 Å². The van der Waals surface area contributed by atoms with E-state index in [9.17, 15) is 4.79 Å². The standard InChI is InChI=1S/C16H21N5OS/c1-11-10-23-16(18-11)21-5-3-20(4-6-21)15(22)14-7-13(14)12-8-17-19(2)9-12/h8-10,13-14H,3-7H2,1-2H3. The fraction of sp³-hybridized carbons (Fsp3) is 0.562. The second-order valence-electron chi connectivity index (χ2n) is 6.48. The molecule has 3 heterocycles. The Bertz CT molecular complexity index is 716. The second-order valence-corrected chi connectivity index (χ2v) is 7.32. The van der Waals surface area contributed by atoms with Crippen molar-refractivity contribution in [2.24, 2.45) is 13.0 Å². The lowest BCUT2D eigenvalue weighted by Crippen LogP contribution is -2.49. The molecule has 1 aliphatic carbocycles. The lowest BCUT2D eigenvalue weighted by Gasteiger charge is -2.34. The summed E-state index contributed by atoms with van der Waals surface area (Å²) in [4.78, 5) is 21.5. The van der Waals surface area contributed by atoms with Gasteiger partial charge in [-0.2, -0.15) is 5.10 Å². The van der Waals surface area contributed by atoms with E-state index in [0.29, 0.717) is 11.8 Å². The van der Waals surface area contributed by atoms with Gasteiger partial charge >= 0.3 is 0 Å². The van der Waals surface area contributed by atoms with Crippen molar-refractivity contribution in [2.75, 3.05) is 31.1 Å². The Morgan fingerprint density at radius 1 is 1.30 bits per heavy atom. The molecule has 2 aliphatic rings. The molecule has 2 atom stereocenters. The average Bonchev–Trinajstić information content (AvgIpc) is 3.05. The highest BCUT2D eigenvalue weighted by Crippen LogP contribution is 2.48. The summed E-state index contributed by atoms with van der Waals surface area (Å²) < 4.78 is 1.81. The van der Waals surface area contributed by atoms with Crippen LogP contribution in [0.3, 0.4) is 0 Å². The SMILES string of the molecule is Cc1csc(N2CCN(C(=O)C3CC3c3cnn(C)c3)CC2)n1. The normalized spacial score (nSPS) is 24.1. The van der Waals surface area contributed by atoms with Gasteiger partial charge in [-0.1, -0.05) is 0 Å². The molecule has 23 heavy (non-hydrogen) atoms. The molecule has 1 saturated carbocycles. The molecule has 1 saturated heterocycles.